The lowest BCUT2D eigenvalue weighted by Crippen LogP contribution is -2.27. The van der Waals surface area contributed by atoms with Crippen molar-refractivity contribution in [3.05, 3.63) is 58.7 Å². The fraction of sp³-hybridized carbons (Fsp3) is 0.480. The Morgan fingerprint density at radius 2 is 1.66 bits per heavy atom. The van der Waals surface area contributed by atoms with Crippen LogP contribution in [0, 0.1) is 19.3 Å². The molecule has 29 heavy (non-hydrogen) atoms. The number of ether oxygens (including phenoxy) is 2. The van der Waals surface area contributed by atoms with Crippen molar-refractivity contribution in [1.82, 2.24) is 0 Å². The molecule has 0 spiro atoms. The van der Waals surface area contributed by atoms with Gasteiger partial charge in [0.05, 0.1) is 12.0 Å². The summed E-state index contributed by atoms with van der Waals surface area (Å²) >= 11 is 0. The van der Waals surface area contributed by atoms with E-state index in [1.54, 1.807) is 6.07 Å². The number of phenols is 1. The van der Waals surface area contributed by atoms with Crippen LogP contribution in [0.15, 0.2) is 36.4 Å². The second kappa shape index (κ2) is 8.89. The zero-order valence-electron chi connectivity index (χ0n) is 18.8. The Morgan fingerprint density at radius 1 is 1.03 bits per heavy atom. The molecule has 0 radical (unpaired) electrons. The van der Waals surface area contributed by atoms with Gasteiger partial charge >= 0.3 is 5.97 Å². The minimum Gasteiger partial charge on any atom is -0.508 e. The van der Waals surface area contributed by atoms with Crippen molar-refractivity contribution in [2.24, 2.45) is 5.41 Å². The molecule has 0 atom stereocenters. The molecule has 0 heterocycles. The van der Waals surface area contributed by atoms with Crippen LogP contribution in [-0.2, 0) is 21.6 Å². The first kappa shape index (κ1) is 22.8. The van der Waals surface area contributed by atoms with Crippen LogP contribution in [0.4, 0.5) is 0 Å². The van der Waals surface area contributed by atoms with Gasteiger partial charge < -0.3 is 14.6 Å². The van der Waals surface area contributed by atoms with Crippen molar-refractivity contribution in [2.45, 2.75) is 66.9 Å². The molecule has 2 aromatic carbocycles. The van der Waals surface area contributed by atoms with E-state index in [1.807, 2.05) is 65.0 Å². The third-order valence-electron chi connectivity index (χ3n) is 5.16. The summed E-state index contributed by atoms with van der Waals surface area (Å²) in [5, 5.41) is 10.7. The van der Waals surface area contributed by atoms with Crippen molar-refractivity contribution in [3.8, 4) is 11.5 Å². The number of aryl methyl sites for hydroxylation is 1. The van der Waals surface area contributed by atoms with Crippen LogP contribution in [-0.4, -0.2) is 17.7 Å². The largest absolute Gasteiger partial charge is 0.508 e. The summed E-state index contributed by atoms with van der Waals surface area (Å²) in [7, 11) is 0. The maximum Gasteiger partial charge on any atom is 0.311 e. The Kier molecular flexibility index (Phi) is 6.99. The van der Waals surface area contributed by atoms with Crippen LogP contribution in [0.3, 0.4) is 0 Å². The molecule has 2 rings (SSSR count). The molecule has 1 N–H and O–H groups in total. The predicted octanol–water partition coefficient (Wildman–Crippen LogP) is 5.85. The number of esters is 1. The zero-order chi connectivity index (χ0) is 21.8. The summed E-state index contributed by atoms with van der Waals surface area (Å²) in [5.41, 5.74) is 2.84. The highest BCUT2D eigenvalue weighted by Crippen LogP contribution is 2.42. The maximum atomic E-state index is 12.0. The van der Waals surface area contributed by atoms with Crippen LogP contribution in [0.1, 0.15) is 63.3 Å². The van der Waals surface area contributed by atoms with Crippen molar-refractivity contribution in [1.29, 1.82) is 0 Å². The number of phenolic OH excluding ortho intramolecular Hbond substituents is 1. The highest BCUT2D eigenvalue weighted by molar-refractivity contribution is 5.75. The predicted molar refractivity (Wildman–Crippen MR) is 116 cm³/mol. The monoisotopic (exact) mass is 398 g/mol. The van der Waals surface area contributed by atoms with Gasteiger partial charge in [-0.05, 0) is 69.2 Å². The Morgan fingerprint density at radius 3 is 2.24 bits per heavy atom. The number of carbonyl (C=O) groups is 1. The van der Waals surface area contributed by atoms with Crippen molar-refractivity contribution < 1.29 is 19.4 Å². The molecule has 0 aliphatic carbocycles. The molecule has 0 saturated heterocycles. The standard InChI is InChI=1S/C25H34O4/c1-17-15-20(26)21(25(6,7)13-14-28-23(27)24(3,4)5)18(2)22(17)29-16-19-11-9-8-10-12-19/h8-12,15,26H,13-14,16H2,1-7H3. The summed E-state index contributed by atoms with van der Waals surface area (Å²) in [4.78, 5) is 12.0. The van der Waals surface area contributed by atoms with Gasteiger partial charge in [0.2, 0.25) is 0 Å². The van der Waals surface area contributed by atoms with Crippen molar-refractivity contribution in [2.75, 3.05) is 6.61 Å². The van der Waals surface area contributed by atoms with Gasteiger partial charge in [-0.3, -0.25) is 4.79 Å². The molecule has 0 aromatic heterocycles. The molecule has 0 fully saturated rings. The quantitative estimate of drug-likeness (QED) is 0.595. The van der Waals surface area contributed by atoms with Crippen LogP contribution < -0.4 is 4.74 Å². The van der Waals surface area contributed by atoms with Crippen molar-refractivity contribution >= 4 is 5.97 Å². The molecule has 158 valence electrons. The second-order valence-electron chi connectivity index (χ2n) is 9.34. The van der Waals surface area contributed by atoms with E-state index < -0.39 is 5.41 Å². The third kappa shape index (κ3) is 5.75. The average Bonchev–Trinajstić information content (AvgIpc) is 2.60. The van der Waals surface area contributed by atoms with Gasteiger partial charge in [0.15, 0.2) is 0 Å². The van der Waals surface area contributed by atoms with Crippen LogP contribution in [0.25, 0.3) is 0 Å². The van der Waals surface area contributed by atoms with Gasteiger partial charge in [-0.1, -0.05) is 44.2 Å². The SMILES string of the molecule is Cc1cc(O)c(C(C)(C)CCOC(=O)C(C)(C)C)c(C)c1OCc1ccccc1. The minimum atomic E-state index is -0.523. The van der Waals surface area contributed by atoms with E-state index in [0.717, 1.165) is 28.0 Å². The zero-order valence-corrected chi connectivity index (χ0v) is 18.8. The van der Waals surface area contributed by atoms with E-state index in [1.165, 1.54) is 0 Å². The van der Waals surface area contributed by atoms with Gasteiger partial charge in [0.1, 0.15) is 18.1 Å². The third-order valence-corrected chi connectivity index (χ3v) is 5.16. The normalized spacial score (nSPS) is 12.0. The van der Waals surface area contributed by atoms with Gasteiger partial charge in [-0.15, -0.1) is 0 Å². The summed E-state index contributed by atoms with van der Waals surface area (Å²) in [5.74, 6) is 0.825. The van der Waals surface area contributed by atoms with E-state index in [0.29, 0.717) is 19.6 Å². The molecular weight excluding hydrogens is 364 g/mol. The molecule has 0 unspecified atom stereocenters. The van der Waals surface area contributed by atoms with Crippen LogP contribution in [0.5, 0.6) is 11.5 Å². The Balaban J connectivity index is 2.21. The van der Waals surface area contributed by atoms with E-state index in [-0.39, 0.29) is 17.1 Å². The molecule has 0 amide bonds. The first-order valence-electron chi connectivity index (χ1n) is 10.1. The van der Waals surface area contributed by atoms with E-state index >= 15 is 0 Å². The van der Waals surface area contributed by atoms with Crippen LogP contribution in [0.2, 0.25) is 0 Å². The van der Waals surface area contributed by atoms with E-state index in [4.69, 9.17) is 9.47 Å². The highest BCUT2D eigenvalue weighted by Gasteiger charge is 2.30. The molecular formula is C25H34O4. The van der Waals surface area contributed by atoms with Gasteiger partial charge in [-0.2, -0.15) is 0 Å². The van der Waals surface area contributed by atoms with Crippen LogP contribution >= 0.6 is 0 Å². The Labute approximate surface area is 174 Å². The number of rotatable bonds is 7. The maximum absolute atomic E-state index is 12.0. The summed E-state index contributed by atoms with van der Waals surface area (Å²) in [6.07, 6.45) is 0.602. The average molecular weight is 399 g/mol. The highest BCUT2D eigenvalue weighted by atomic mass is 16.5. The summed E-state index contributed by atoms with van der Waals surface area (Å²) in [6, 6.07) is 11.8. The molecule has 0 saturated carbocycles. The summed E-state index contributed by atoms with van der Waals surface area (Å²) < 4.78 is 11.6. The lowest BCUT2D eigenvalue weighted by molar-refractivity contribution is -0.153. The molecule has 2 aromatic rings. The number of hydrogen-bond acceptors (Lipinski definition) is 4. The molecule has 0 bridgehead atoms. The number of aromatic hydroxyl groups is 1. The fourth-order valence-corrected chi connectivity index (χ4v) is 3.49. The minimum absolute atomic E-state index is 0.218. The van der Waals surface area contributed by atoms with Gasteiger partial charge in [0.25, 0.3) is 0 Å². The topological polar surface area (TPSA) is 55.8 Å². The number of benzene rings is 2. The lowest BCUT2D eigenvalue weighted by atomic mass is 9.78. The Bertz CT molecular complexity index is 845. The summed E-state index contributed by atoms with van der Waals surface area (Å²) in [6.45, 7) is 14.3. The smallest absolute Gasteiger partial charge is 0.311 e. The first-order chi connectivity index (χ1) is 13.4. The molecule has 0 aliphatic rings. The molecule has 0 aliphatic heterocycles. The van der Waals surface area contributed by atoms with Gasteiger partial charge in [-0.25, -0.2) is 0 Å². The lowest BCUT2D eigenvalue weighted by Gasteiger charge is -2.30. The van der Waals surface area contributed by atoms with Gasteiger partial charge in [0, 0.05) is 5.56 Å². The second-order valence-corrected chi connectivity index (χ2v) is 9.34. The molecule has 4 nitrogen and oxygen atoms in total. The number of carbonyl (C=O) groups excluding carboxylic acids is 1. The van der Waals surface area contributed by atoms with E-state index in [9.17, 15) is 9.90 Å². The number of hydrogen-bond donors (Lipinski definition) is 1. The Hall–Kier alpha value is -2.49. The first-order valence-corrected chi connectivity index (χ1v) is 10.1. The van der Waals surface area contributed by atoms with E-state index in [2.05, 4.69) is 13.8 Å². The van der Waals surface area contributed by atoms with Crippen molar-refractivity contribution in [3.63, 3.8) is 0 Å². The fourth-order valence-electron chi connectivity index (χ4n) is 3.49. The molecule has 4 heteroatoms.